The first-order valence-electron chi connectivity index (χ1n) is 36.0. The zero-order chi connectivity index (χ0) is 85.2. The summed E-state index contributed by atoms with van der Waals surface area (Å²) in [4.78, 5) is 123. The van der Waals surface area contributed by atoms with Crippen LogP contribution in [0.2, 0.25) is 0 Å². The lowest BCUT2D eigenvalue weighted by Gasteiger charge is -2.21. The van der Waals surface area contributed by atoms with E-state index < -0.39 is 109 Å². The number of ether oxygens (including phenoxy) is 8. The Labute approximate surface area is 704 Å². The Morgan fingerprint density at radius 1 is 0.415 bits per heavy atom. The number of methoxy groups -OCH3 is 1. The minimum absolute atomic E-state index is 0.0722. The van der Waals surface area contributed by atoms with Crippen LogP contribution in [0.1, 0.15) is 49.9 Å². The van der Waals surface area contributed by atoms with Crippen molar-refractivity contribution in [3.05, 3.63) is 313 Å². The van der Waals surface area contributed by atoms with Crippen LogP contribution >= 0.6 is 67.8 Å². The van der Waals surface area contributed by atoms with Crippen molar-refractivity contribution < 1.29 is 64.2 Å². The second-order valence-electron chi connectivity index (χ2n) is 28.4. The fourth-order valence-electron chi connectivity index (χ4n) is 13.5. The topological polar surface area (TPSA) is 272 Å². The van der Waals surface area contributed by atoms with E-state index in [0.29, 0.717) is 27.6 Å². The van der Waals surface area contributed by atoms with Crippen LogP contribution in [0.5, 0.6) is 40.2 Å². The fraction of sp³-hybridized carbons (Fsp3) is 0.241. The first kappa shape index (κ1) is 84.9. The van der Waals surface area contributed by atoms with Gasteiger partial charge in [0.1, 0.15) is 120 Å². The van der Waals surface area contributed by atoms with Crippen molar-refractivity contribution >= 4 is 101 Å². The molecule has 612 valence electrons. The Morgan fingerprint density at radius 3 is 1.12 bits per heavy atom. The average molecular weight is 1960 g/mol. The quantitative estimate of drug-likeness (QED) is 0.0642. The van der Waals surface area contributed by atoms with Crippen LogP contribution in [0, 0.1) is 66.4 Å². The standard InChI is InChI=1S/C29H22F2IN3O5.2C27H24F2IN3O6/c1-16-4-7-18(30)12-23(16)40-24-14-25(36)33(2)27-26(24)28(37)34(15-17-5-9-20(39-3)10-6-17)29(38)35(27)22-11-8-19(32)13-21(22)31;2*1-14-17(28)6-5-7-20(14)38-21-11-22(34)31(4)24-23(21)25(35)32(12-16-13-37-27(2,3)39-16)26(36)33(24)19-9-8-15(30)10-18(19)29/h4-14H,15H2,1-3H3;2*5-11,16H,12-13H2,1-4H3/t;2*16-/m.10/s1. The van der Waals surface area contributed by atoms with E-state index in [2.05, 4.69) is 0 Å². The van der Waals surface area contributed by atoms with Gasteiger partial charge in [-0.15, -0.1) is 0 Å². The summed E-state index contributed by atoms with van der Waals surface area (Å²) in [6, 6.07) is 34.9. The number of nitrogens with zero attached hydrogens (tertiary/aromatic N) is 9. The maximum Gasteiger partial charge on any atom is 0.337 e. The van der Waals surface area contributed by atoms with Gasteiger partial charge in [-0.3, -0.25) is 56.2 Å². The maximum absolute atomic E-state index is 15.3. The second kappa shape index (κ2) is 33.8. The molecule has 2 saturated heterocycles. The molecular formula is C83H70F6I3N9O17. The number of aryl methyl sites for hydroxylation is 4. The summed E-state index contributed by atoms with van der Waals surface area (Å²) < 4.78 is 145. The van der Waals surface area contributed by atoms with Crippen LogP contribution in [-0.4, -0.2) is 85.2 Å². The number of hydrogen-bond donors (Lipinski definition) is 0. The normalized spacial score (nSPS) is 14.8. The number of halogens is 9. The van der Waals surface area contributed by atoms with Crippen molar-refractivity contribution in [3.8, 4) is 57.3 Å². The van der Waals surface area contributed by atoms with Crippen LogP contribution in [0.25, 0.3) is 50.2 Å². The Balaban J connectivity index is 0.000000153. The van der Waals surface area contributed by atoms with Crippen molar-refractivity contribution in [2.75, 3.05) is 20.3 Å². The molecule has 118 heavy (non-hydrogen) atoms. The number of fused-ring (bicyclic) bond motifs is 3. The largest absolute Gasteiger partial charge is 0.497 e. The van der Waals surface area contributed by atoms with E-state index in [1.54, 1.807) is 77.1 Å². The highest BCUT2D eigenvalue weighted by Crippen LogP contribution is 2.36. The molecule has 2 fully saturated rings. The third-order valence-electron chi connectivity index (χ3n) is 19.5. The number of hydrogen-bond acceptors (Lipinski definition) is 17. The molecule has 8 heterocycles. The highest BCUT2D eigenvalue weighted by molar-refractivity contribution is 14.1. The maximum atomic E-state index is 15.3. The molecule has 0 radical (unpaired) electrons. The summed E-state index contributed by atoms with van der Waals surface area (Å²) in [7, 11) is 5.62. The molecular weight excluding hydrogens is 1890 g/mol. The monoisotopic (exact) mass is 1960 g/mol. The minimum atomic E-state index is -0.917. The highest BCUT2D eigenvalue weighted by Gasteiger charge is 2.37. The van der Waals surface area contributed by atoms with E-state index in [4.69, 9.17) is 37.9 Å². The summed E-state index contributed by atoms with van der Waals surface area (Å²) in [5, 5.41) is -0.496. The summed E-state index contributed by atoms with van der Waals surface area (Å²) >= 11 is 5.80. The summed E-state index contributed by atoms with van der Waals surface area (Å²) in [6.45, 7) is 11.1. The summed E-state index contributed by atoms with van der Waals surface area (Å²) in [5.41, 5.74) is -6.40. The highest BCUT2D eigenvalue weighted by atomic mass is 127. The van der Waals surface area contributed by atoms with Gasteiger partial charge in [-0.05, 0) is 224 Å². The van der Waals surface area contributed by atoms with Crippen LogP contribution in [0.3, 0.4) is 0 Å². The zero-order valence-electron chi connectivity index (χ0n) is 64.5. The van der Waals surface area contributed by atoms with E-state index >= 15 is 13.2 Å². The van der Waals surface area contributed by atoms with Crippen molar-refractivity contribution in [2.24, 2.45) is 21.1 Å². The minimum Gasteiger partial charge on any atom is -0.497 e. The van der Waals surface area contributed by atoms with Crippen LogP contribution in [-0.2, 0) is 59.7 Å². The predicted molar refractivity (Wildman–Crippen MR) is 451 cm³/mol. The Bertz CT molecular complexity index is 6610. The van der Waals surface area contributed by atoms with Gasteiger partial charge in [-0.1, -0.05) is 30.3 Å². The van der Waals surface area contributed by atoms with Crippen LogP contribution in [0.15, 0.2) is 195 Å². The number of pyridine rings is 3. The Morgan fingerprint density at radius 2 is 0.771 bits per heavy atom. The second-order valence-corrected chi connectivity index (χ2v) is 32.1. The van der Waals surface area contributed by atoms with Gasteiger partial charge in [-0.25, -0.2) is 54.4 Å². The van der Waals surface area contributed by atoms with Gasteiger partial charge >= 0.3 is 17.1 Å². The molecule has 0 amide bonds. The van der Waals surface area contributed by atoms with Gasteiger partial charge in [-0.2, -0.15) is 0 Å². The molecule has 7 aromatic carbocycles. The van der Waals surface area contributed by atoms with E-state index in [9.17, 15) is 56.3 Å². The first-order chi connectivity index (χ1) is 55.8. The number of rotatable bonds is 16. The van der Waals surface area contributed by atoms with E-state index in [-0.39, 0.29) is 129 Å². The Kier molecular flexibility index (Phi) is 24.3. The lowest BCUT2D eigenvalue weighted by Crippen LogP contribution is -2.44. The van der Waals surface area contributed by atoms with Crippen molar-refractivity contribution in [1.82, 2.24) is 41.1 Å². The molecule has 0 N–H and O–H groups in total. The predicted octanol–water partition coefficient (Wildman–Crippen LogP) is 12.9. The van der Waals surface area contributed by atoms with Gasteiger partial charge in [0.2, 0.25) is 0 Å². The van der Waals surface area contributed by atoms with Gasteiger partial charge < -0.3 is 37.9 Å². The molecule has 6 aromatic heterocycles. The van der Waals surface area contributed by atoms with Gasteiger partial charge in [0, 0.05) is 67.2 Å². The van der Waals surface area contributed by atoms with Gasteiger partial charge in [0.25, 0.3) is 33.4 Å². The molecule has 0 aliphatic carbocycles. The van der Waals surface area contributed by atoms with Crippen molar-refractivity contribution in [3.63, 3.8) is 0 Å². The zero-order valence-corrected chi connectivity index (χ0v) is 71.0. The van der Waals surface area contributed by atoms with Gasteiger partial charge in [0.05, 0.1) is 57.0 Å². The molecule has 0 spiro atoms. The Hall–Kier alpha value is -11.0. The number of benzene rings is 7. The molecule has 2 aliphatic rings. The van der Waals surface area contributed by atoms with Crippen LogP contribution in [0.4, 0.5) is 26.3 Å². The van der Waals surface area contributed by atoms with E-state index in [0.717, 1.165) is 65.4 Å². The van der Waals surface area contributed by atoms with E-state index in [1.165, 1.54) is 127 Å². The molecule has 26 nitrogen and oxygen atoms in total. The molecule has 15 rings (SSSR count). The molecule has 0 unspecified atom stereocenters. The fourth-order valence-corrected chi connectivity index (χ4v) is 14.8. The number of aromatic nitrogens is 9. The molecule has 2 aliphatic heterocycles. The lowest BCUT2D eigenvalue weighted by molar-refractivity contribution is -0.140. The average Bonchev–Trinajstić information content (AvgIpc) is 0.848. The summed E-state index contributed by atoms with van der Waals surface area (Å²) in [6.07, 6.45) is -1.31. The summed E-state index contributed by atoms with van der Waals surface area (Å²) in [5.74, 6) is -5.51. The molecule has 0 saturated carbocycles. The van der Waals surface area contributed by atoms with Crippen molar-refractivity contribution in [2.45, 2.75) is 91.9 Å². The third-order valence-corrected chi connectivity index (χ3v) is 21.5. The molecule has 0 bridgehead atoms. The smallest absolute Gasteiger partial charge is 0.337 e. The lowest BCUT2D eigenvalue weighted by atomic mass is 10.2. The van der Waals surface area contributed by atoms with E-state index in [1.807, 2.05) is 67.8 Å². The molecule has 35 heteroatoms. The first-order valence-corrected chi connectivity index (χ1v) is 39.2. The molecule has 2 atom stereocenters. The van der Waals surface area contributed by atoms with Crippen LogP contribution < -0.4 is 69.4 Å². The van der Waals surface area contributed by atoms with Crippen molar-refractivity contribution in [1.29, 1.82) is 0 Å². The SMILES string of the molecule is COc1ccc(Cn2c(=O)c3c(Oc4cc(F)ccc4C)cc(=O)n(C)c3n(-c3ccc(I)cc3F)c2=O)cc1.Cc1c(F)cccc1Oc1cc(=O)n(C)c2c1c(=O)n(C[C@@H]1COC(C)(C)O1)c(=O)n2-c1ccc(I)cc1F.Cc1c(F)cccc1Oc1cc(=O)n(C)c2c1c(=O)n(C[C@H]1COC(C)(C)O1)c(=O)n2-c1ccc(I)cc1F. The van der Waals surface area contributed by atoms with Gasteiger partial charge in [0.15, 0.2) is 11.6 Å². The molecule has 13 aromatic rings. The third kappa shape index (κ3) is 16.9.